The Kier molecular flexibility index (Phi) is 6.82. The van der Waals surface area contributed by atoms with Gasteiger partial charge in [0.1, 0.15) is 0 Å². The van der Waals surface area contributed by atoms with Crippen LogP contribution in [-0.4, -0.2) is 32.6 Å². The summed E-state index contributed by atoms with van der Waals surface area (Å²) in [5.41, 5.74) is 4.88. The highest BCUT2D eigenvalue weighted by atomic mass is 16.2. The zero-order valence-corrected chi connectivity index (χ0v) is 16.6. The summed E-state index contributed by atoms with van der Waals surface area (Å²) in [5, 5.41) is 8.49. The molecule has 0 spiro atoms. The van der Waals surface area contributed by atoms with Crippen molar-refractivity contribution >= 4 is 29.0 Å². The molecule has 0 saturated carbocycles. The van der Waals surface area contributed by atoms with Gasteiger partial charge >= 0.3 is 6.03 Å². The van der Waals surface area contributed by atoms with Crippen molar-refractivity contribution in [3.05, 3.63) is 53.1 Å². The molecule has 0 heterocycles. The average molecular weight is 368 g/mol. The van der Waals surface area contributed by atoms with Crippen LogP contribution in [0.15, 0.2) is 36.4 Å². The fourth-order valence-corrected chi connectivity index (χ4v) is 2.63. The van der Waals surface area contributed by atoms with E-state index in [1.54, 1.807) is 12.1 Å². The second kappa shape index (κ2) is 9.07. The molecule has 0 aromatic heterocycles. The number of nitrogens with zero attached hydrogens (tertiary/aromatic N) is 1. The molecule has 0 radical (unpaired) electrons. The van der Waals surface area contributed by atoms with Crippen molar-refractivity contribution in [2.24, 2.45) is 0 Å². The Balaban J connectivity index is 2.16. The third-order valence-corrected chi connectivity index (χ3v) is 4.28. The molecule has 0 fully saturated rings. The lowest BCUT2D eigenvalue weighted by molar-refractivity contribution is 0.0954. The van der Waals surface area contributed by atoms with Gasteiger partial charge in [0.2, 0.25) is 0 Å². The van der Waals surface area contributed by atoms with Gasteiger partial charge in [-0.15, -0.1) is 0 Å². The number of urea groups is 1. The second-order valence-electron chi connectivity index (χ2n) is 6.76. The van der Waals surface area contributed by atoms with Crippen molar-refractivity contribution in [1.29, 1.82) is 0 Å². The van der Waals surface area contributed by atoms with Crippen LogP contribution in [0.25, 0.3) is 0 Å². The summed E-state index contributed by atoms with van der Waals surface area (Å²) in [6, 6.07) is 10.7. The molecule has 0 aliphatic carbocycles. The molecule has 3 amide bonds. The summed E-state index contributed by atoms with van der Waals surface area (Å²) in [6.07, 6.45) is 0.860. The van der Waals surface area contributed by atoms with Gasteiger partial charge in [0.15, 0.2) is 0 Å². The Morgan fingerprint density at radius 3 is 2.15 bits per heavy atom. The predicted molar refractivity (Wildman–Crippen MR) is 112 cm³/mol. The molecule has 0 bridgehead atoms. The molecular weight excluding hydrogens is 340 g/mol. The van der Waals surface area contributed by atoms with E-state index in [1.165, 1.54) is 5.56 Å². The van der Waals surface area contributed by atoms with Crippen molar-refractivity contribution in [3.63, 3.8) is 0 Å². The van der Waals surface area contributed by atoms with E-state index in [-0.39, 0.29) is 11.9 Å². The first kappa shape index (κ1) is 20.3. The third kappa shape index (κ3) is 5.48. The van der Waals surface area contributed by atoms with Crippen LogP contribution >= 0.6 is 0 Å². The zero-order valence-electron chi connectivity index (χ0n) is 16.6. The average Bonchev–Trinajstić information content (AvgIpc) is 2.62. The quantitative estimate of drug-likeness (QED) is 0.717. The van der Waals surface area contributed by atoms with E-state index in [1.807, 2.05) is 64.0 Å². The van der Waals surface area contributed by atoms with Gasteiger partial charge < -0.3 is 20.9 Å². The number of benzene rings is 2. The molecule has 0 saturated heterocycles. The van der Waals surface area contributed by atoms with Gasteiger partial charge in [-0.05, 0) is 61.7 Å². The van der Waals surface area contributed by atoms with E-state index in [0.717, 1.165) is 23.4 Å². The highest BCUT2D eigenvalue weighted by Gasteiger charge is 2.14. The minimum Gasteiger partial charge on any atom is -0.377 e. The minimum atomic E-state index is -0.351. The summed E-state index contributed by atoms with van der Waals surface area (Å²) in [4.78, 5) is 26.7. The molecule has 0 atom stereocenters. The van der Waals surface area contributed by atoms with Crippen LogP contribution in [0.1, 0.15) is 34.8 Å². The Labute approximate surface area is 161 Å². The number of rotatable bonds is 6. The number of carbonyl (C=O) groups excluding carboxylic acids is 2. The van der Waals surface area contributed by atoms with E-state index < -0.39 is 0 Å². The first-order valence-corrected chi connectivity index (χ1v) is 9.06. The number of hydrogen-bond donors (Lipinski definition) is 3. The summed E-state index contributed by atoms with van der Waals surface area (Å²) in [6.45, 7) is 6.63. The normalized spacial score (nSPS) is 10.3. The molecule has 2 aromatic carbocycles. The molecule has 2 aromatic rings. The van der Waals surface area contributed by atoms with Crippen LogP contribution in [0, 0.1) is 13.8 Å². The van der Waals surface area contributed by atoms with E-state index in [2.05, 4.69) is 16.0 Å². The van der Waals surface area contributed by atoms with Gasteiger partial charge in [-0.3, -0.25) is 4.79 Å². The predicted octanol–water partition coefficient (Wildman–Crippen LogP) is 4.15. The van der Waals surface area contributed by atoms with Crippen molar-refractivity contribution in [3.8, 4) is 0 Å². The first-order chi connectivity index (χ1) is 12.8. The molecule has 2 rings (SSSR count). The van der Waals surface area contributed by atoms with Crippen LogP contribution in [-0.2, 0) is 0 Å². The third-order valence-electron chi connectivity index (χ3n) is 4.28. The Morgan fingerprint density at radius 2 is 1.56 bits per heavy atom. The smallest absolute Gasteiger partial charge is 0.323 e. The lowest BCUT2D eigenvalue weighted by atomic mass is 10.1. The Hall–Kier alpha value is -3.02. The van der Waals surface area contributed by atoms with Gasteiger partial charge in [0.25, 0.3) is 5.91 Å². The van der Waals surface area contributed by atoms with E-state index in [9.17, 15) is 9.59 Å². The Morgan fingerprint density at radius 1 is 0.926 bits per heavy atom. The highest BCUT2D eigenvalue weighted by Crippen LogP contribution is 2.23. The molecule has 27 heavy (non-hydrogen) atoms. The molecule has 0 aliphatic heterocycles. The number of nitrogens with one attached hydrogen (secondary N) is 3. The van der Waals surface area contributed by atoms with Crippen molar-refractivity contribution in [1.82, 2.24) is 5.32 Å². The molecular formula is C21H28N4O2. The van der Waals surface area contributed by atoms with E-state index in [0.29, 0.717) is 17.8 Å². The summed E-state index contributed by atoms with van der Waals surface area (Å²) in [5.74, 6) is -0.154. The van der Waals surface area contributed by atoms with Crippen molar-refractivity contribution in [2.45, 2.75) is 27.2 Å². The van der Waals surface area contributed by atoms with Crippen LogP contribution in [0.3, 0.4) is 0 Å². The fraction of sp³-hybridized carbons (Fsp3) is 0.333. The number of amides is 3. The molecule has 6 heteroatoms. The molecule has 6 nitrogen and oxygen atoms in total. The van der Waals surface area contributed by atoms with Crippen molar-refractivity contribution in [2.75, 3.05) is 36.2 Å². The maximum absolute atomic E-state index is 12.5. The number of anilines is 3. The monoisotopic (exact) mass is 368 g/mol. The number of carbonyl (C=O) groups is 2. The molecule has 3 N–H and O–H groups in total. The van der Waals surface area contributed by atoms with Gasteiger partial charge in [0, 0.05) is 37.7 Å². The number of aryl methyl sites for hydroxylation is 2. The topological polar surface area (TPSA) is 73.5 Å². The van der Waals surface area contributed by atoms with Gasteiger partial charge in [0.05, 0.1) is 5.56 Å². The van der Waals surface area contributed by atoms with Gasteiger partial charge in [-0.2, -0.15) is 0 Å². The van der Waals surface area contributed by atoms with Crippen LogP contribution < -0.4 is 20.9 Å². The fourth-order valence-electron chi connectivity index (χ4n) is 2.63. The molecule has 0 unspecified atom stereocenters. The second-order valence-corrected chi connectivity index (χ2v) is 6.76. The first-order valence-electron chi connectivity index (χ1n) is 9.06. The van der Waals surface area contributed by atoms with Gasteiger partial charge in [-0.25, -0.2) is 4.79 Å². The number of hydrogen-bond acceptors (Lipinski definition) is 3. The van der Waals surface area contributed by atoms with E-state index in [4.69, 9.17) is 0 Å². The van der Waals surface area contributed by atoms with Crippen LogP contribution in [0.2, 0.25) is 0 Å². The molecule has 144 valence electrons. The summed E-state index contributed by atoms with van der Waals surface area (Å²) >= 11 is 0. The SMILES string of the molecule is CCCNC(=O)c1cc(NC(=O)Nc2ccc(C)c(C)c2)ccc1N(C)C. The zero-order chi connectivity index (χ0) is 20.0. The highest BCUT2D eigenvalue weighted by molar-refractivity contribution is 6.04. The van der Waals surface area contributed by atoms with Crippen LogP contribution in [0.5, 0.6) is 0 Å². The van der Waals surface area contributed by atoms with E-state index >= 15 is 0 Å². The standard InChI is InChI=1S/C21H28N4O2/c1-6-11-22-20(26)18-13-17(9-10-19(18)25(4)5)24-21(27)23-16-8-7-14(2)15(3)12-16/h7-10,12-13H,6,11H2,1-5H3,(H,22,26)(H2,23,24,27). The largest absolute Gasteiger partial charge is 0.377 e. The lowest BCUT2D eigenvalue weighted by Crippen LogP contribution is -2.27. The van der Waals surface area contributed by atoms with Crippen molar-refractivity contribution < 1.29 is 9.59 Å². The summed E-state index contributed by atoms with van der Waals surface area (Å²) in [7, 11) is 3.76. The van der Waals surface area contributed by atoms with Crippen LogP contribution in [0.4, 0.5) is 21.9 Å². The maximum Gasteiger partial charge on any atom is 0.323 e. The lowest BCUT2D eigenvalue weighted by Gasteiger charge is -2.18. The maximum atomic E-state index is 12.5. The van der Waals surface area contributed by atoms with Gasteiger partial charge in [-0.1, -0.05) is 13.0 Å². The minimum absolute atomic E-state index is 0.154. The Bertz CT molecular complexity index is 831. The summed E-state index contributed by atoms with van der Waals surface area (Å²) < 4.78 is 0. The molecule has 0 aliphatic rings.